The maximum Gasteiger partial charge on any atom is 0.143 e. The number of benzene rings is 7. The van der Waals surface area contributed by atoms with Crippen molar-refractivity contribution in [2.24, 2.45) is 0 Å². The first-order chi connectivity index (χ1) is 22.3. The van der Waals surface area contributed by atoms with Crippen LogP contribution in [-0.4, -0.2) is 0 Å². The second kappa shape index (κ2) is 9.43. The summed E-state index contributed by atoms with van der Waals surface area (Å²) in [6.07, 6.45) is 0. The molecule has 0 fully saturated rings. The first kappa shape index (κ1) is 24.8. The molecule has 0 bridgehead atoms. The monoisotopic (exact) mass is 592 g/mol. The van der Waals surface area contributed by atoms with Crippen LogP contribution in [0.25, 0.3) is 97.4 Å². The van der Waals surface area contributed by atoms with Gasteiger partial charge in [0, 0.05) is 52.8 Å². The van der Waals surface area contributed by atoms with E-state index in [0.29, 0.717) is 0 Å². The summed E-state index contributed by atoms with van der Waals surface area (Å²) in [7, 11) is 0. The molecule has 45 heavy (non-hydrogen) atoms. The van der Waals surface area contributed by atoms with Crippen LogP contribution in [0.2, 0.25) is 0 Å². The van der Waals surface area contributed by atoms with Crippen molar-refractivity contribution in [3.8, 4) is 33.4 Å². The highest BCUT2D eigenvalue weighted by Crippen LogP contribution is 2.43. The Kier molecular flexibility index (Phi) is 5.19. The lowest BCUT2D eigenvalue weighted by atomic mass is 9.97. The third-order valence-electron chi connectivity index (χ3n) is 9.13. The SMILES string of the molecule is c1ccc2c(c1)oc1cc(-c3cccc4c3oc3c(-c5ccc(-c6cccc7c6sc6ccccc67)cc5)cccc34)ccc12. The lowest BCUT2D eigenvalue weighted by Crippen LogP contribution is -1.82. The first-order valence-corrected chi connectivity index (χ1v) is 16.0. The molecule has 0 aliphatic heterocycles. The van der Waals surface area contributed by atoms with Crippen LogP contribution in [-0.2, 0) is 0 Å². The van der Waals surface area contributed by atoms with E-state index in [1.54, 1.807) is 0 Å². The van der Waals surface area contributed by atoms with Gasteiger partial charge in [0.15, 0.2) is 0 Å². The lowest BCUT2D eigenvalue weighted by Gasteiger charge is -2.07. The van der Waals surface area contributed by atoms with Crippen LogP contribution in [0.4, 0.5) is 0 Å². The number of furan rings is 2. The van der Waals surface area contributed by atoms with Gasteiger partial charge in [-0.3, -0.25) is 0 Å². The molecule has 3 heterocycles. The van der Waals surface area contributed by atoms with Crippen molar-refractivity contribution >= 4 is 75.4 Å². The lowest BCUT2D eigenvalue weighted by molar-refractivity contribution is 0.668. The van der Waals surface area contributed by atoms with Crippen LogP contribution >= 0.6 is 11.3 Å². The van der Waals surface area contributed by atoms with E-state index in [1.807, 2.05) is 23.5 Å². The Balaban J connectivity index is 1.09. The molecule has 3 aromatic heterocycles. The average Bonchev–Trinajstić information content (AvgIpc) is 3.79. The molecule has 0 atom stereocenters. The molecular formula is C42H24O2S. The highest BCUT2D eigenvalue weighted by atomic mass is 32.1. The fourth-order valence-corrected chi connectivity index (χ4v) is 8.21. The summed E-state index contributed by atoms with van der Waals surface area (Å²) in [5.74, 6) is 0. The highest BCUT2D eigenvalue weighted by molar-refractivity contribution is 7.26. The summed E-state index contributed by atoms with van der Waals surface area (Å²) in [5, 5.41) is 7.14. The quantitative estimate of drug-likeness (QED) is 0.204. The standard InChI is InChI=1S/C42H24O2S/c1-3-16-37-31(8-1)32-23-22-27(24-38(32)43-37)29-11-6-14-35-34-13-5-10-28(40(34)44-41(29)35)25-18-20-26(21-19-25)30-12-7-15-36-33-9-2-4-17-39(33)45-42(30)36/h1-24H. The molecule has 0 aliphatic rings. The van der Waals surface area contributed by atoms with Gasteiger partial charge in [0.05, 0.1) is 0 Å². The molecule has 7 aromatic carbocycles. The van der Waals surface area contributed by atoms with Crippen LogP contribution in [0.1, 0.15) is 0 Å². The van der Waals surface area contributed by atoms with Crippen molar-refractivity contribution in [2.45, 2.75) is 0 Å². The fourth-order valence-electron chi connectivity index (χ4n) is 6.97. The molecule has 0 N–H and O–H groups in total. The van der Waals surface area contributed by atoms with Crippen molar-refractivity contribution in [3.05, 3.63) is 146 Å². The molecular weight excluding hydrogens is 569 g/mol. The molecule has 10 aromatic rings. The van der Waals surface area contributed by atoms with Crippen LogP contribution in [0.5, 0.6) is 0 Å². The van der Waals surface area contributed by atoms with Gasteiger partial charge < -0.3 is 8.83 Å². The maximum absolute atomic E-state index is 6.77. The van der Waals surface area contributed by atoms with E-state index >= 15 is 0 Å². The Bertz CT molecular complexity index is 2760. The van der Waals surface area contributed by atoms with Gasteiger partial charge in [-0.1, -0.05) is 121 Å². The second-order valence-corrected chi connectivity index (χ2v) is 12.7. The zero-order valence-electron chi connectivity index (χ0n) is 24.1. The zero-order valence-corrected chi connectivity index (χ0v) is 24.9. The summed E-state index contributed by atoms with van der Waals surface area (Å²) >= 11 is 1.87. The van der Waals surface area contributed by atoms with E-state index in [2.05, 4.69) is 133 Å². The van der Waals surface area contributed by atoms with E-state index in [0.717, 1.165) is 66.1 Å². The molecule has 0 saturated heterocycles. The van der Waals surface area contributed by atoms with Gasteiger partial charge in [-0.15, -0.1) is 11.3 Å². The van der Waals surface area contributed by atoms with Gasteiger partial charge in [-0.05, 0) is 46.5 Å². The van der Waals surface area contributed by atoms with E-state index in [1.165, 1.54) is 31.3 Å². The smallest absolute Gasteiger partial charge is 0.143 e. The summed E-state index contributed by atoms with van der Waals surface area (Å²) in [6.45, 7) is 0. The van der Waals surface area contributed by atoms with Crippen molar-refractivity contribution in [2.75, 3.05) is 0 Å². The number of hydrogen-bond acceptors (Lipinski definition) is 3. The number of rotatable bonds is 3. The molecule has 10 rings (SSSR count). The largest absolute Gasteiger partial charge is 0.456 e. The van der Waals surface area contributed by atoms with Gasteiger partial charge >= 0.3 is 0 Å². The topological polar surface area (TPSA) is 26.3 Å². The third kappa shape index (κ3) is 3.68. The van der Waals surface area contributed by atoms with Gasteiger partial charge in [0.25, 0.3) is 0 Å². The van der Waals surface area contributed by atoms with Gasteiger partial charge in [-0.25, -0.2) is 0 Å². The molecule has 3 heteroatoms. The van der Waals surface area contributed by atoms with Crippen LogP contribution < -0.4 is 0 Å². The normalized spacial score (nSPS) is 12.0. The Morgan fingerprint density at radius 3 is 1.69 bits per heavy atom. The number of thiophene rings is 1. The predicted octanol–water partition coefficient (Wildman–Crippen LogP) is 12.9. The summed E-state index contributed by atoms with van der Waals surface area (Å²) in [4.78, 5) is 0. The average molecular weight is 593 g/mol. The Labute approximate surface area is 262 Å². The molecule has 0 radical (unpaired) electrons. The first-order valence-electron chi connectivity index (χ1n) is 15.2. The fraction of sp³-hybridized carbons (Fsp3) is 0. The minimum Gasteiger partial charge on any atom is -0.456 e. The van der Waals surface area contributed by atoms with Crippen LogP contribution in [0.3, 0.4) is 0 Å². The third-order valence-corrected chi connectivity index (χ3v) is 10.3. The number of hydrogen-bond donors (Lipinski definition) is 0. The summed E-state index contributed by atoms with van der Waals surface area (Å²) < 4.78 is 15.6. The predicted molar refractivity (Wildman–Crippen MR) is 190 cm³/mol. The molecule has 0 spiro atoms. The van der Waals surface area contributed by atoms with Gasteiger partial charge in [0.2, 0.25) is 0 Å². The van der Waals surface area contributed by atoms with Crippen LogP contribution in [0.15, 0.2) is 154 Å². The summed E-state index contributed by atoms with van der Waals surface area (Å²) in [5.41, 5.74) is 10.4. The van der Waals surface area contributed by atoms with E-state index in [4.69, 9.17) is 8.83 Å². The number of fused-ring (bicyclic) bond motifs is 9. The minimum absolute atomic E-state index is 0.883. The van der Waals surface area contributed by atoms with E-state index in [-0.39, 0.29) is 0 Å². The highest BCUT2D eigenvalue weighted by Gasteiger charge is 2.17. The molecule has 0 aliphatic carbocycles. The summed E-state index contributed by atoms with van der Waals surface area (Å²) in [6, 6.07) is 51.7. The Morgan fingerprint density at radius 2 is 0.911 bits per heavy atom. The van der Waals surface area contributed by atoms with Crippen molar-refractivity contribution in [3.63, 3.8) is 0 Å². The maximum atomic E-state index is 6.77. The van der Waals surface area contributed by atoms with Gasteiger partial charge in [0.1, 0.15) is 22.3 Å². The van der Waals surface area contributed by atoms with Gasteiger partial charge in [-0.2, -0.15) is 0 Å². The van der Waals surface area contributed by atoms with E-state index in [9.17, 15) is 0 Å². The molecule has 0 saturated carbocycles. The minimum atomic E-state index is 0.883. The molecule has 0 unspecified atom stereocenters. The Morgan fingerprint density at radius 1 is 0.356 bits per heavy atom. The number of para-hydroxylation sites is 3. The second-order valence-electron chi connectivity index (χ2n) is 11.6. The molecule has 210 valence electrons. The zero-order chi connectivity index (χ0) is 29.5. The molecule has 0 amide bonds. The van der Waals surface area contributed by atoms with Crippen molar-refractivity contribution in [1.29, 1.82) is 0 Å². The van der Waals surface area contributed by atoms with Crippen molar-refractivity contribution < 1.29 is 8.83 Å². The van der Waals surface area contributed by atoms with E-state index < -0.39 is 0 Å². The van der Waals surface area contributed by atoms with Crippen molar-refractivity contribution in [1.82, 2.24) is 0 Å². The molecule has 2 nitrogen and oxygen atoms in total. The van der Waals surface area contributed by atoms with Crippen LogP contribution in [0, 0.1) is 0 Å². The Hall–Kier alpha value is -5.64.